The van der Waals surface area contributed by atoms with Crippen molar-refractivity contribution in [2.75, 3.05) is 6.61 Å². The third kappa shape index (κ3) is 2.53. The Hall–Kier alpha value is -0.870. The molecule has 17 heavy (non-hydrogen) atoms. The lowest BCUT2D eigenvalue weighted by Gasteiger charge is -2.41. The van der Waals surface area contributed by atoms with Crippen LogP contribution in [0.15, 0.2) is 12.3 Å². The molecule has 1 aromatic heterocycles. The van der Waals surface area contributed by atoms with Crippen molar-refractivity contribution in [2.45, 2.75) is 50.7 Å². The number of ether oxygens (including phenoxy) is 1. The van der Waals surface area contributed by atoms with E-state index in [1.807, 2.05) is 26.2 Å². The van der Waals surface area contributed by atoms with Crippen LogP contribution in [-0.4, -0.2) is 22.0 Å². The summed E-state index contributed by atoms with van der Waals surface area (Å²) >= 11 is 0. The average Bonchev–Trinajstić information content (AvgIpc) is 2.76. The number of nitrogens with two attached hydrogens (primary N) is 1. The van der Waals surface area contributed by atoms with Gasteiger partial charge in [0.05, 0.1) is 17.3 Å². The zero-order valence-corrected chi connectivity index (χ0v) is 10.9. The second kappa shape index (κ2) is 5.19. The quantitative estimate of drug-likeness (QED) is 0.873. The molecule has 2 N–H and O–H groups in total. The molecule has 4 heteroatoms. The maximum absolute atomic E-state index is 6.40. The van der Waals surface area contributed by atoms with Gasteiger partial charge in [-0.25, -0.2) is 0 Å². The second-order valence-electron chi connectivity index (χ2n) is 4.95. The maximum atomic E-state index is 6.40. The van der Waals surface area contributed by atoms with Crippen LogP contribution in [0.3, 0.4) is 0 Å². The average molecular weight is 237 g/mol. The predicted molar refractivity (Wildman–Crippen MR) is 67.6 cm³/mol. The molecule has 1 aliphatic carbocycles. The summed E-state index contributed by atoms with van der Waals surface area (Å²) < 4.78 is 7.82. The molecule has 1 unspecified atom stereocenters. The molecule has 0 saturated heterocycles. The molecule has 1 aromatic rings. The lowest BCUT2D eigenvalue weighted by molar-refractivity contribution is -0.0839. The van der Waals surface area contributed by atoms with Crippen LogP contribution in [0.25, 0.3) is 0 Å². The van der Waals surface area contributed by atoms with Crippen molar-refractivity contribution >= 4 is 0 Å². The summed E-state index contributed by atoms with van der Waals surface area (Å²) in [4.78, 5) is 0. The van der Waals surface area contributed by atoms with Crippen LogP contribution in [0.4, 0.5) is 0 Å². The minimum Gasteiger partial charge on any atom is -0.373 e. The molecule has 0 radical (unpaired) electrons. The van der Waals surface area contributed by atoms with Crippen LogP contribution >= 0.6 is 0 Å². The fraction of sp³-hybridized carbons (Fsp3) is 0.769. The Bertz CT molecular complexity index is 350. The van der Waals surface area contributed by atoms with E-state index in [0.29, 0.717) is 0 Å². The van der Waals surface area contributed by atoms with Gasteiger partial charge in [-0.1, -0.05) is 19.3 Å². The summed E-state index contributed by atoms with van der Waals surface area (Å²) in [7, 11) is 1.92. The van der Waals surface area contributed by atoms with Gasteiger partial charge in [0.25, 0.3) is 0 Å². The number of rotatable bonds is 4. The predicted octanol–water partition coefficient (Wildman–Crippen LogP) is 2.16. The topological polar surface area (TPSA) is 53.1 Å². The molecule has 1 fully saturated rings. The highest BCUT2D eigenvalue weighted by atomic mass is 16.5. The Kier molecular flexibility index (Phi) is 3.84. The Balaban J connectivity index is 2.20. The van der Waals surface area contributed by atoms with E-state index in [2.05, 4.69) is 5.10 Å². The molecule has 0 bridgehead atoms. The van der Waals surface area contributed by atoms with Gasteiger partial charge in [0.15, 0.2) is 0 Å². The fourth-order valence-electron chi connectivity index (χ4n) is 2.85. The normalized spacial score (nSPS) is 21.4. The van der Waals surface area contributed by atoms with Crippen LogP contribution in [-0.2, 0) is 11.8 Å². The van der Waals surface area contributed by atoms with Crippen LogP contribution in [0.5, 0.6) is 0 Å². The van der Waals surface area contributed by atoms with Gasteiger partial charge in [-0.15, -0.1) is 0 Å². The first-order valence-corrected chi connectivity index (χ1v) is 6.57. The molecule has 1 aliphatic rings. The van der Waals surface area contributed by atoms with Crippen LogP contribution < -0.4 is 5.73 Å². The van der Waals surface area contributed by atoms with Crippen molar-refractivity contribution in [1.29, 1.82) is 0 Å². The van der Waals surface area contributed by atoms with Crippen molar-refractivity contribution in [3.05, 3.63) is 18.0 Å². The SMILES string of the molecule is CCOC1(C(N)c2ccn(C)n2)CCCCC1. The summed E-state index contributed by atoms with van der Waals surface area (Å²) in [5.74, 6) is 0. The van der Waals surface area contributed by atoms with E-state index in [1.165, 1.54) is 19.3 Å². The fourth-order valence-corrected chi connectivity index (χ4v) is 2.85. The van der Waals surface area contributed by atoms with Crippen molar-refractivity contribution in [3.8, 4) is 0 Å². The van der Waals surface area contributed by atoms with Gasteiger partial charge >= 0.3 is 0 Å². The van der Waals surface area contributed by atoms with E-state index in [-0.39, 0.29) is 11.6 Å². The van der Waals surface area contributed by atoms with Gasteiger partial charge in [0.2, 0.25) is 0 Å². The zero-order valence-electron chi connectivity index (χ0n) is 10.9. The smallest absolute Gasteiger partial charge is 0.0890 e. The first-order chi connectivity index (χ1) is 8.18. The molecular weight excluding hydrogens is 214 g/mol. The summed E-state index contributed by atoms with van der Waals surface area (Å²) in [6.07, 6.45) is 7.76. The standard InChI is InChI=1S/C13H23N3O/c1-3-17-13(8-5-4-6-9-13)12(14)11-7-10-16(2)15-11/h7,10,12H,3-6,8-9,14H2,1-2H3. The molecule has 2 rings (SSSR count). The number of nitrogens with zero attached hydrogens (tertiary/aromatic N) is 2. The van der Waals surface area contributed by atoms with Gasteiger partial charge in [0, 0.05) is 19.9 Å². The molecule has 0 amide bonds. The summed E-state index contributed by atoms with van der Waals surface area (Å²) in [5, 5.41) is 4.42. The Morgan fingerprint density at radius 3 is 2.71 bits per heavy atom. The number of hydrogen-bond acceptors (Lipinski definition) is 3. The monoisotopic (exact) mass is 237 g/mol. The van der Waals surface area contributed by atoms with Gasteiger partial charge in [-0.05, 0) is 25.8 Å². The second-order valence-corrected chi connectivity index (χ2v) is 4.95. The number of aryl methyl sites for hydroxylation is 1. The van der Waals surface area contributed by atoms with E-state index >= 15 is 0 Å². The third-order valence-corrected chi connectivity index (χ3v) is 3.75. The van der Waals surface area contributed by atoms with E-state index in [0.717, 1.165) is 25.1 Å². The largest absolute Gasteiger partial charge is 0.373 e. The first-order valence-electron chi connectivity index (χ1n) is 6.57. The van der Waals surface area contributed by atoms with Crippen LogP contribution in [0.1, 0.15) is 50.8 Å². The van der Waals surface area contributed by atoms with Crippen LogP contribution in [0.2, 0.25) is 0 Å². The van der Waals surface area contributed by atoms with Crippen molar-refractivity contribution in [2.24, 2.45) is 12.8 Å². The van der Waals surface area contributed by atoms with E-state index in [9.17, 15) is 0 Å². The van der Waals surface area contributed by atoms with Crippen LogP contribution in [0, 0.1) is 0 Å². The number of hydrogen-bond donors (Lipinski definition) is 1. The summed E-state index contributed by atoms with van der Waals surface area (Å²) in [5.41, 5.74) is 7.16. The van der Waals surface area contributed by atoms with Gasteiger partial charge in [-0.2, -0.15) is 5.10 Å². The minimum atomic E-state index is -0.193. The van der Waals surface area contributed by atoms with Gasteiger partial charge < -0.3 is 10.5 Å². The molecule has 96 valence electrons. The molecule has 0 aromatic carbocycles. The maximum Gasteiger partial charge on any atom is 0.0890 e. The first kappa shape index (κ1) is 12.6. The molecule has 0 spiro atoms. The molecule has 4 nitrogen and oxygen atoms in total. The van der Waals surface area contributed by atoms with Gasteiger partial charge in [-0.3, -0.25) is 4.68 Å². The lowest BCUT2D eigenvalue weighted by Crippen LogP contribution is -2.45. The highest BCUT2D eigenvalue weighted by Crippen LogP contribution is 2.39. The highest BCUT2D eigenvalue weighted by Gasteiger charge is 2.40. The molecule has 1 saturated carbocycles. The van der Waals surface area contributed by atoms with Crippen molar-refractivity contribution in [3.63, 3.8) is 0 Å². The molecule has 0 aliphatic heterocycles. The highest BCUT2D eigenvalue weighted by molar-refractivity contribution is 5.12. The zero-order chi connectivity index (χ0) is 12.3. The Morgan fingerprint density at radius 1 is 1.47 bits per heavy atom. The van der Waals surface area contributed by atoms with Crippen molar-refractivity contribution < 1.29 is 4.74 Å². The number of aromatic nitrogens is 2. The summed E-state index contributed by atoms with van der Waals surface area (Å²) in [6, 6.07) is 1.89. The minimum absolute atomic E-state index is 0.107. The van der Waals surface area contributed by atoms with E-state index in [4.69, 9.17) is 10.5 Å². The van der Waals surface area contributed by atoms with E-state index in [1.54, 1.807) is 4.68 Å². The molecule has 1 heterocycles. The van der Waals surface area contributed by atoms with Crippen molar-refractivity contribution in [1.82, 2.24) is 9.78 Å². The molecular formula is C13H23N3O. The lowest BCUT2D eigenvalue weighted by atomic mass is 9.78. The Labute approximate surface area is 103 Å². The molecule has 1 atom stereocenters. The van der Waals surface area contributed by atoms with Gasteiger partial charge in [0.1, 0.15) is 0 Å². The summed E-state index contributed by atoms with van der Waals surface area (Å²) in [6.45, 7) is 2.77. The van der Waals surface area contributed by atoms with E-state index < -0.39 is 0 Å². The Morgan fingerprint density at radius 2 is 2.18 bits per heavy atom. The third-order valence-electron chi connectivity index (χ3n) is 3.75.